The van der Waals surface area contributed by atoms with Crippen molar-refractivity contribution >= 4 is 11.9 Å². The van der Waals surface area contributed by atoms with Crippen molar-refractivity contribution in [1.82, 2.24) is 0 Å². The van der Waals surface area contributed by atoms with Gasteiger partial charge in [-0.3, -0.25) is 0 Å². The van der Waals surface area contributed by atoms with E-state index >= 15 is 0 Å². The minimum absolute atomic E-state index is 0.221. The highest BCUT2D eigenvalue weighted by molar-refractivity contribution is 6.03. The summed E-state index contributed by atoms with van der Waals surface area (Å²) in [5.41, 5.74) is -0.184. The first-order valence-electron chi connectivity index (χ1n) is 8.66. The molecule has 130 valence electrons. The molecule has 0 fully saturated rings. The number of carbonyl (C=O) groups is 2. The van der Waals surface area contributed by atoms with Crippen molar-refractivity contribution in [3.63, 3.8) is 0 Å². The monoisotopic (exact) mass is 330 g/mol. The van der Waals surface area contributed by atoms with Crippen LogP contribution in [0.3, 0.4) is 0 Å². The molecule has 0 atom stereocenters. The van der Waals surface area contributed by atoms with Crippen LogP contribution in [0, 0.1) is 11.8 Å². The molecule has 0 saturated heterocycles. The van der Waals surface area contributed by atoms with Gasteiger partial charge in [0, 0.05) is 12.0 Å². The van der Waals surface area contributed by atoms with Crippen LogP contribution in [0.2, 0.25) is 0 Å². The van der Waals surface area contributed by atoms with E-state index < -0.39 is 11.9 Å². The number of hydrogen-bond acceptors (Lipinski definition) is 2. The molecule has 1 aromatic rings. The first-order chi connectivity index (χ1) is 11.6. The summed E-state index contributed by atoms with van der Waals surface area (Å²) in [5, 5.41) is 18.3. The van der Waals surface area contributed by atoms with Crippen molar-refractivity contribution < 1.29 is 19.8 Å². The van der Waals surface area contributed by atoms with Crippen molar-refractivity contribution in [2.24, 2.45) is 0 Å². The van der Waals surface area contributed by atoms with Gasteiger partial charge in [0.15, 0.2) is 0 Å². The number of carboxylic acid groups (broad SMARTS) is 2. The third kappa shape index (κ3) is 6.87. The molecule has 0 saturated carbocycles. The van der Waals surface area contributed by atoms with Crippen LogP contribution < -0.4 is 0 Å². The molecule has 0 bridgehead atoms. The first-order valence-corrected chi connectivity index (χ1v) is 8.66. The second kappa shape index (κ2) is 11.3. The number of aromatic carboxylic acids is 2. The molecule has 0 radical (unpaired) electrons. The van der Waals surface area contributed by atoms with E-state index in [0.29, 0.717) is 6.42 Å². The van der Waals surface area contributed by atoms with Crippen LogP contribution in [0.15, 0.2) is 18.2 Å². The third-order valence-electron chi connectivity index (χ3n) is 3.89. The van der Waals surface area contributed by atoms with E-state index in [9.17, 15) is 14.7 Å². The summed E-state index contributed by atoms with van der Waals surface area (Å²) in [7, 11) is 0. The van der Waals surface area contributed by atoms with Crippen LogP contribution in [0.25, 0.3) is 0 Å². The minimum atomic E-state index is -1.26. The largest absolute Gasteiger partial charge is 0.478 e. The highest BCUT2D eigenvalue weighted by Gasteiger charge is 2.18. The standard InChI is InChI=1S/C20H26O4/c1-2-3-4-5-6-7-8-9-10-11-13-16-14-12-15-17(19(21)22)18(16)20(23)24/h12,14-15H,2-10H2,1H3,(H,21,22)(H,23,24). The maximum atomic E-state index is 11.3. The van der Waals surface area contributed by atoms with E-state index in [4.69, 9.17) is 5.11 Å². The van der Waals surface area contributed by atoms with Crippen molar-refractivity contribution in [3.8, 4) is 11.8 Å². The Bertz CT molecular complexity index is 608. The summed E-state index contributed by atoms with van der Waals surface area (Å²) in [5.74, 6) is 3.27. The Labute approximate surface area is 143 Å². The molecular weight excluding hydrogens is 304 g/mol. The Morgan fingerprint density at radius 2 is 1.54 bits per heavy atom. The predicted molar refractivity (Wildman–Crippen MR) is 94.5 cm³/mol. The van der Waals surface area contributed by atoms with Crippen LogP contribution in [0.5, 0.6) is 0 Å². The average Bonchev–Trinajstić information content (AvgIpc) is 2.56. The maximum absolute atomic E-state index is 11.3. The van der Waals surface area contributed by atoms with Crippen molar-refractivity contribution in [1.29, 1.82) is 0 Å². The lowest BCUT2D eigenvalue weighted by molar-refractivity contribution is 0.0651. The van der Waals surface area contributed by atoms with Gasteiger partial charge in [-0.25, -0.2) is 9.59 Å². The molecule has 0 amide bonds. The summed E-state index contributed by atoms with van der Waals surface area (Å²) >= 11 is 0. The third-order valence-corrected chi connectivity index (χ3v) is 3.89. The van der Waals surface area contributed by atoms with E-state index in [1.807, 2.05) is 0 Å². The van der Waals surface area contributed by atoms with Gasteiger partial charge in [0.05, 0.1) is 11.1 Å². The zero-order chi connectivity index (χ0) is 17.8. The molecule has 4 nitrogen and oxygen atoms in total. The van der Waals surface area contributed by atoms with Crippen molar-refractivity contribution in [2.75, 3.05) is 0 Å². The Kier molecular flexibility index (Phi) is 9.29. The maximum Gasteiger partial charge on any atom is 0.337 e. The predicted octanol–water partition coefficient (Wildman–Crippen LogP) is 4.97. The summed E-state index contributed by atoms with van der Waals surface area (Å²) in [6.45, 7) is 2.21. The second-order valence-electron chi connectivity index (χ2n) is 5.87. The van der Waals surface area contributed by atoms with Gasteiger partial charge in [-0.15, -0.1) is 0 Å². The van der Waals surface area contributed by atoms with E-state index in [0.717, 1.165) is 12.8 Å². The highest BCUT2D eigenvalue weighted by Crippen LogP contribution is 2.15. The van der Waals surface area contributed by atoms with Gasteiger partial charge in [-0.2, -0.15) is 0 Å². The van der Waals surface area contributed by atoms with Crippen molar-refractivity contribution in [3.05, 3.63) is 34.9 Å². The molecule has 1 rings (SSSR count). The van der Waals surface area contributed by atoms with Gasteiger partial charge < -0.3 is 10.2 Å². The topological polar surface area (TPSA) is 74.6 Å². The van der Waals surface area contributed by atoms with Gasteiger partial charge in [-0.05, 0) is 18.6 Å². The average molecular weight is 330 g/mol. The first kappa shape index (κ1) is 19.8. The van der Waals surface area contributed by atoms with Crippen LogP contribution >= 0.6 is 0 Å². The lowest BCUT2D eigenvalue weighted by atomic mass is 10.0. The van der Waals surface area contributed by atoms with Crippen LogP contribution in [-0.2, 0) is 0 Å². The number of hydrogen-bond donors (Lipinski definition) is 2. The Balaban J connectivity index is 2.48. The lowest BCUT2D eigenvalue weighted by Crippen LogP contribution is -2.10. The van der Waals surface area contributed by atoms with Crippen LogP contribution in [-0.4, -0.2) is 22.2 Å². The Morgan fingerprint density at radius 3 is 2.12 bits per heavy atom. The van der Waals surface area contributed by atoms with E-state index in [1.54, 1.807) is 6.07 Å². The number of rotatable bonds is 10. The number of carboxylic acids is 2. The lowest BCUT2D eigenvalue weighted by Gasteiger charge is -2.03. The normalized spacial score (nSPS) is 10.0. The summed E-state index contributed by atoms with van der Waals surface area (Å²) in [6, 6.07) is 4.36. The highest BCUT2D eigenvalue weighted by atomic mass is 16.4. The summed E-state index contributed by atoms with van der Waals surface area (Å²) in [6.07, 6.45) is 10.5. The Morgan fingerprint density at radius 1 is 0.917 bits per heavy atom. The summed E-state index contributed by atoms with van der Waals surface area (Å²) in [4.78, 5) is 22.4. The van der Waals surface area contributed by atoms with Gasteiger partial charge in [0.1, 0.15) is 0 Å². The molecule has 0 aromatic heterocycles. The summed E-state index contributed by atoms with van der Waals surface area (Å²) < 4.78 is 0. The second-order valence-corrected chi connectivity index (χ2v) is 5.87. The fourth-order valence-electron chi connectivity index (χ4n) is 2.57. The minimum Gasteiger partial charge on any atom is -0.478 e. The molecule has 0 aliphatic carbocycles. The molecule has 2 N–H and O–H groups in total. The van der Waals surface area contributed by atoms with E-state index in [2.05, 4.69) is 18.8 Å². The fourth-order valence-corrected chi connectivity index (χ4v) is 2.57. The zero-order valence-corrected chi connectivity index (χ0v) is 14.3. The number of unbranched alkanes of at least 4 members (excludes halogenated alkanes) is 8. The fraction of sp³-hybridized carbons (Fsp3) is 0.500. The van der Waals surface area contributed by atoms with E-state index in [1.165, 1.54) is 50.7 Å². The van der Waals surface area contributed by atoms with E-state index in [-0.39, 0.29) is 16.7 Å². The zero-order valence-electron chi connectivity index (χ0n) is 14.3. The van der Waals surface area contributed by atoms with Crippen molar-refractivity contribution in [2.45, 2.75) is 64.7 Å². The molecule has 0 heterocycles. The molecule has 0 spiro atoms. The molecule has 0 aliphatic heterocycles. The molecule has 0 aliphatic rings. The van der Waals surface area contributed by atoms with Crippen LogP contribution in [0.4, 0.5) is 0 Å². The quantitative estimate of drug-likeness (QED) is 0.469. The number of benzene rings is 1. The molecular formula is C20H26O4. The molecule has 1 aromatic carbocycles. The molecule has 0 unspecified atom stereocenters. The van der Waals surface area contributed by atoms with Gasteiger partial charge in [0.25, 0.3) is 0 Å². The smallest absolute Gasteiger partial charge is 0.337 e. The SMILES string of the molecule is CCCCCCCCCCC#Cc1cccc(C(=O)O)c1C(=O)O. The van der Waals surface area contributed by atoms with Gasteiger partial charge in [-0.1, -0.05) is 69.8 Å². The molecule has 24 heavy (non-hydrogen) atoms. The van der Waals surface area contributed by atoms with Crippen LogP contribution in [0.1, 0.15) is 91.0 Å². The Hall–Kier alpha value is -2.28. The van der Waals surface area contributed by atoms with Gasteiger partial charge >= 0.3 is 11.9 Å². The molecule has 4 heteroatoms. The van der Waals surface area contributed by atoms with Gasteiger partial charge in [0.2, 0.25) is 0 Å².